The highest BCUT2D eigenvalue weighted by Gasteiger charge is 2.30. The number of nitrogens with one attached hydrogen (secondary N) is 1. The van der Waals surface area contributed by atoms with Gasteiger partial charge >= 0.3 is 0 Å². The van der Waals surface area contributed by atoms with Gasteiger partial charge in [0.1, 0.15) is 5.75 Å². The third-order valence-electron chi connectivity index (χ3n) is 8.04. The molecular formula is C34H53N5O5. The van der Waals surface area contributed by atoms with E-state index < -0.39 is 6.04 Å². The Morgan fingerprint density at radius 3 is 2.61 bits per heavy atom. The SMILES string of the molecule is C[C@@H]1CCCCO[C@H](CN(C)Cc2ccncc2)[C@H](C)CN([C@H](C)CO)C(=O)c2cc(NC(=O)CCCN(C)C)ccc2O1. The Balaban J connectivity index is 1.87. The molecule has 0 saturated carbocycles. The molecule has 1 aromatic carbocycles. The number of aliphatic hydroxyl groups is 1. The van der Waals surface area contributed by atoms with Gasteiger partial charge in [-0.3, -0.25) is 19.5 Å². The van der Waals surface area contributed by atoms with Gasteiger partial charge in [0.15, 0.2) is 0 Å². The minimum Gasteiger partial charge on any atom is -0.490 e. The van der Waals surface area contributed by atoms with E-state index in [1.165, 1.54) is 5.56 Å². The van der Waals surface area contributed by atoms with Crippen molar-refractivity contribution in [1.82, 2.24) is 19.7 Å². The lowest BCUT2D eigenvalue weighted by Crippen LogP contribution is -2.47. The maximum Gasteiger partial charge on any atom is 0.258 e. The fourth-order valence-corrected chi connectivity index (χ4v) is 5.41. The molecule has 10 heteroatoms. The first-order chi connectivity index (χ1) is 21.1. The third-order valence-corrected chi connectivity index (χ3v) is 8.04. The van der Waals surface area contributed by atoms with Crippen LogP contribution in [0.1, 0.15) is 68.8 Å². The van der Waals surface area contributed by atoms with Crippen molar-refractivity contribution in [3.8, 4) is 5.75 Å². The second-order valence-electron chi connectivity index (χ2n) is 12.5. The molecule has 0 aliphatic carbocycles. The van der Waals surface area contributed by atoms with Crippen LogP contribution >= 0.6 is 0 Å². The lowest BCUT2D eigenvalue weighted by Gasteiger charge is -2.36. The van der Waals surface area contributed by atoms with Crippen molar-refractivity contribution < 1.29 is 24.2 Å². The molecule has 2 aromatic rings. The smallest absolute Gasteiger partial charge is 0.258 e. The Morgan fingerprint density at radius 1 is 1.16 bits per heavy atom. The van der Waals surface area contributed by atoms with E-state index in [9.17, 15) is 14.7 Å². The van der Waals surface area contributed by atoms with Crippen LogP contribution in [0.5, 0.6) is 5.75 Å². The highest BCUT2D eigenvalue weighted by atomic mass is 16.5. The zero-order valence-corrected chi connectivity index (χ0v) is 27.5. The first-order valence-corrected chi connectivity index (χ1v) is 15.9. The summed E-state index contributed by atoms with van der Waals surface area (Å²) in [5, 5.41) is 13.1. The summed E-state index contributed by atoms with van der Waals surface area (Å²) in [6, 6.07) is 8.87. The summed E-state index contributed by atoms with van der Waals surface area (Å²) in [6.45, 7) is 9.07. The van der Waals surface area contributed by atoms with Crippen molar-refractivity contribution in [2.75, 3.05) is 59.3 Å². The van der Waals surface area contributed by atoms with Crippen molar-refractivity contribution in [2.45, 2.75) is 77.7 Å². The van der Waals surface area contributed by atoms with Gasteiger partial charge < -0.3 is 29.7 Å². The largest absolute Gasteiger partial charge is 0.490 e. The van der Waals surface area contributed by atoms with Gasteiger partial charge in [0.05, 0.1) is 30.4 Å². The molecule has 1 aromatic heterocycles. The lowest BCUT2D eigenvalue weighted by molar-refractivity contribution is -0.116. The van der Waals surface area contributed by atoms with E-state index in [4.69, 9.17) is 9.47 Å². The van der Waals surface area contributed by atoms with Gasteiger partial charge in [-0.15, -0.1) is 0 Å². The number of aromatic nitrogens is 1. The van der Waals surface area contributed by atoms with Gasteiger partial charge in [-0.05, 0) is 103 Å². The molecule has 0 fully saturated rings. The van der Waals surface area contributed by atoms with Crippen LogP contribution in [0.2, 0.25) is 0 Å². The predicted octanol–water partition coefficient (Wildman–Crippen LogP) is 4.29. The number of ether oxygens (including phenoxy) is 2. The van der Waals surface area contributed by atoms with Crippen molar-refractivity contribution in [2.24, 2.45) is 5.92 Å². The summed E-state index contributed by atoms with van der Waals surface area (Å²) < 4.78 is 12.8. The van der Waals surface area contributed by atoms with Gasteiger partial charge in [-0.2, -0.15) is 0 Å². The number of carbonyl (C=O) groups is 2. The number of rotatable bonds is 11. The van der Waals surface area contributed by atoms with Crippen molar-refractivity contribution >= 4 is 17.5 Å². The molecule has 0 saturated heterocycles. The predicted molar refractivity (Wildman–Crippen MR) is 174 cm³/mol. The number of amides is 2. The fraction of sp³-hybridized carbons (Fsp3) is 0.618. The van der Waals surface area contributed by atoms with Crippen LogP contribution in [0.4, 0.5) is 5.69 Å². The van der Waals surface area contributed by atoms with E-state index in [1.807, 2.05) is 45.0 Å². The molecule has 2 heterocycles. The molecule has 244 valence electrons. The number of nitrogens with zero attached hydrogens (tertiary/aromatic N) is 4. The fourth-order valence-electron chi connectivity index (χ4n) is 5.41. The lowest BCUT2D eigenvalue weighted by atomic mass is 10.0. The van der Waals surface area contributed by atoms with Crippen molar-refractivity contribution in [3.63, 3.8) is 0 Å². The Kier molecular flexibility index (Phi) is 14.5. The number of anilines is 1. The number of carbonyl (C=O) groups excluding carboxylic acids is 2. The summed E-state index contributed by atoms with van der Waals surface area (Å²) in [5.74, 6) is 0.126. The summed E-state index contributed by atoms with van der Waals surface area (Å²) in [4.78, 5) is 37.1. The third kappa shape index (κ3) is 11.5. The second-order valence-corrected chi connectivity index (χ2v) is 12.5. The molecule has 44 heavy (non-hydrogen) atoms. The molecule has 4 atom stereocenters. The quantitative estimate of drug-likeness (QED) is 0.388. The molecule has 10 nitrogen and oxygen atoms in total. The number of benzene rings is 1. The van der Waals surface area contributed by atoms with Crippen molar-refractivity contribution in [3.05, 3.63) is 53.9 Å². The van der Waals surface area contributed by atoms with Gasteiger partial charge in [0, 0.05) is 56.7 Å². The molecule has 0 bridgehead atoms. The minimum absolute atomic E-state index is 0.0151. The van der Waals surface area contributed by atoms with E-state index in [0.717, 1.165) is 38.8 Å². The van der Waals surface area contributed by atoms with Crippen LogP contribution in [0, 0.1) is 5.92 Å². The molecule has 3 rings (SSSR count). The van der Waals surface area contributed by atoms with Crippen LogP contribution < -0.4 is 10.1 Å². The first-order valence-electron chi connectivity index (χ1n) is 15.9. The molecule has 1 aliphatic heterocycles. The molecule has 2 amide bonds. The van der Waals surface area contributed by atoms with Crippen LogP contribution in [0.3, 0.4) is 0 Å². The summed E-state index contributed by atoms with van der Waals surface area (Å²) >= 11 is 0. The average molecular weight is 612 g/mol. The highest BCUT2D eigenvalue weighted by molar-refractivity contribution is 5.99. The number of likely N-dealkylation sites (N-methyl/N-ethyl adjacent to an activating group) is 1. The second kappa shape index (κ2) is 18.0. The number of pyridine rings is 1. The Bertz CT molecular complexity index is 1160. The summed E-state index contributed by atoms with van der Waals surface area (Å²) in [6.07, 6.45) is 7.16. The molecule has 2 N–H and O–H groups in total. The summed E-state index contributed by atoms with van der Waals surface area (Å²) in [5.41, 5.74) is 2.10. The first kappa shape index (κ1) is 35.4. The van der Waals surface area contributed by atoms with Gasteiger partial charge in [0.2, 0.25) is 5.91 Å². The average Bonchev–Trinajstić information content (AvgIpc) is 2.98. The Hall–Kier alpha value is -3.05. The van der Waals surface area contributed by atoms with E-state index in [-0.39, 0.29) is 36.5 Å². The van der Waals surface area contributed by atoms with E-state index in [2.05, 4.69) is 29.2 Å². The number of hydrogen-bond acceptors (Lipinski definition) is 8. The number of aliphatic hydroxyl groups excluding tert-OH is 1. The zero-order valence-electron chi connectivity index (χ0n) is 27.5. The topological polar surface area (TPSA) is 107 Å². The molecule has 0 spiro atoms. The zero-order chi connectivity index (χ0) is 32.1. The molecule has 1 aliphatic rings. The highest BCUT2D eigenvalue weighted by Crippen LogP contribution is 2.28. The van der Waals surface area contributed by atoms with Crippen LogP contribution in [0.15, 0.2) is 42.7 Å². The van der Waals surface area contributed by atoms with Crippen LogP contribution in [0.25, 0.3) is 0 Å². The molecule has 0 radical (unpaired) electrons. The van der Waals surface area contributed by atoms with E-state index >= 15 is 0 Å². The maximum atomic E-state index is 14.3. The number of hydrogen-bond donors (Lipinski definition) is 2. The minimum atomic E-state index is -0.428. The van der Waals surface area contributed by atoms with Crippen LogP contribution in [-0.2, 0) is 16.1 Å². The Labute approximate surface area is 263 Å². The van der Waals surface area contributed by atoms with Crippen LogP contribution in [-0.4, -0.2) is 109 Å². The van der Waals surface area contributed by atoms with Gasteiger partial charge in [0.25, 0.3) is 5.91 Å². The molecule has 0 unspecified atom stereocenters. The summed E-state index contributed by atoms with van der Waals surface area (Å²) in [7, 11) is 6.04. The standard InChI is InChI=1S/C34H53N5O5/c1-25-21-39(26(2)24-40)34(42)30-20-29(36-33(41)11-9-18-37(4)5)12-13-31(30)44-27(3)10-7-8-19-43-32(25)23-38(6)22-28-14-16-35-17-15-28/h12-17,20,25-27,32,40H,7-11,18-19,21-24H2,1-6H3,(H,36,41)/t25-,26-,27-,32-/m1/s1. The van der Waals surface area contributed by atoms with Crippen molar-refractivity contribution in [1.29, 1.82) is 0 Å². The monoisotopic (exact) mass is 611 g/mol. The van der Waals surface area contributed by atoms with E-state index in [1.54, 1.807) is 35.5 Å². The van der Waals surface area contributed by atoms with Gasteiger partial charge in [-0.1, -0.05) is 6.92 Å². The number of fused-ring (bicyclic) bond motifs is 1. The molecular weight excluding hydrogens is 558 g/mol. The van der Waals surface area contributed by atoms with E-state index in [0.29, 0.717) is 43.1 Å². The normalized spacial score (nSPS) is 21.0. The Morgan fingerprint density at radius 2 is 1.91 bits per heavy atom. The van der Waals surface area contributed by atoms with Gasteiger partial charge in [-0.25, -0.2) is 0 Å². The maximum absolute atomic E-state index is 14.3.